The molecule has 3 saturated carbocycles. The van der Waals surface area contributed by atoms with Gasteiger partial charge in [-0.2, -0.15) is 26.3 Å². The number of hydrogen-bond donors (Lipinski definition) is 1. The quantitative estimate of drug-likeness (QED) is 0.304. The van der Waals surface area contributed by atoms with Gasteiger partial charge in [-0.15, -0.1) is 0 Å². The molecule has 3 aliphatic carbocycles. The first kappa shape index (κ1) is 27.8. The van der Waals surface area contributed by atoms with Crippen LogP contribution in [0.2, 0.25) is 0 Å². The van der Waals surface area contributed by atoms with E-state index in [2.05, 4.69) is 19.6 Å². The molecule has 3 rings (SSSR count). The van der Waals surface area contributed by atoms with Crippen molar-refractivity contribution in [1.82, 2.24) is 0 Å². The van der Waals surface area contributed by atoms with E-state index in [1.165, 1.54) is 5.57 Å². The van der Waals surface area contributed by atoms with E-state index >= 15 is 0 Å². The summed E-state index contributed by atoms with van der Waals surface area (Å²) in [7, 11) is 0. The molecule has 0 spiro atoms. The van der Waals surface area contributed by atoms with Gasteiger partial charge >= 0.3 is 18.0 Å². The minimum absolute atomic E-state index is 0.0860. The van der Waals surface area contributed by atoms with Crippen LogP contribution in [-0.2, 0) is 0 Å². The molecule has 8 heteroatoms. The molecular weight excluding hydrogens is 473 g/mol. The maximum atomic E-state index is 14.0. The van der Waals surface area contributed by atoms with Crippen LogP contribution < -0.4 is 0 Å². The lowest BCUT2D eigenvalue weighted by molar-refractivity contribution is -0.343. The van der Waals surface area contributed by atoms with Crippen molar-refractivity contribution in [1.29, 1.82) is 0 Å². The molecule has 1 nitrogen and oxygen atoms in total. The molecule has 3 fully saturated rings. The van der Waals surface area contributed by atoms with Gasteiger partial charge in [0, 0.05) is 6.42 Å². The highest BCUT2D eigenvalue weighted by atomic mass is 19.4. The molecule has 0 aromatic rings. The van der Waals surface area contributed by atoms with Crippen LogP contribution in [0.5, 0.6) is 0 Å². The van der Waals surface area contributed by atoms with Gasteiger partial charge in [-0.1, -0.05) is 44.1 Å². The second kappa shape index (κ2) is 9.95. The fourth-order valence-corrected chi connectivity index (χ4v) is 6.40. The van der Waals surface area contributed by atoms with Crippen molar-refractivity contribution in [2.24, 2.45) is 23.2 Å². The monoisotopic (exact) mass is 506 g/mol. The summed E-state index contributed by atoms with van der Waals surface area (Å²) >= 11 is 0. The molecule has 5 atom stereocenters. The highest BCUT2D eigenvalue weighted by Gasteiger charge is 2.70. The fraction of sp³-hybridized carbons (Fsp3) is 0.704. The SMILES string of the molecule is C=C1/C(=C\C=C2/CCC[C@@]3(C)C2CC[C@@H]3[C@@H](C)CC#CC(O)(C(F)(F)F)C(F)(F)F)CCC[C@@H]1F. The Labute approximate surface area is 202 Å². The average Bonchev–Trinajstić information content (AvgIpc) is 3.10. The van der Waals surface area contributed by atoms with Crippen molar-refractivity contribution < 1.29 is 35.8 Å². The summed E-state index contributed by atoms with van der Waals surface area (Å²) in [6.45, 7) is 7.84. The van der Waals surface area contributed by atoms with Crippen LogP contribution in [0.4, 0.5) is 30.7 Å². The van der Waals surface area contributed by atoms with E-state index in [1.54, 1.807) is 6.92 Å². The van der Waals surface area contributed by atoms with Gasteiger partial charge in [-0.25, -0.2) is 4.39 Å². The average molecular weight is 507 g/mol. The summed E-state index contributed by atoms with van der Waals surface area (Å²) in [6.07, 6.45) is -2.43. The van der Waals surface area contributed by atoms with Crippen molar-refractivity contribution in [3.63, 3.8) is 0 Å². The van der Waals surface area contributed by atoms with Crippen molar-refractivity contribution >= 4 is 0 Å². The summed E-state index contributed by atoms with van der Waals surface area (Å²) in [6, 6.07) is 0. The third kappa shape index (κ3) is 5.35. The summed E-state index contributed by atoms with van der Waals surface area (Å²) < 4.78 is 91.4. The van der Waals surface area contributed by atoms with Gasteiger partial charge in [0.1, 0.15) is 6.17 Å². The van der Waals surface area contributed by atoms with Crippen LogP contribution in [0.3, 0.4) is 0 Å². The van der Waals surface area contributed by atoms with Gasteiger partial charge < -0.3 is 5.11 Å². The van der Waals surface area contributed by atoms with E-state index in [-0.39, 0.29) is 29.6 Å². The molecular formula is C27H33F7O. The number of rotatable bonds is 3. The largest absolute Gasteiger partial charge is 0.438 e. The molecule has 0 aromatic carbocycles. The standard InChI is InChI=1S/C27H33F7O/c1-17(7-5-16-25(35,26(29,30)31)27(32,33)34)21-13-14-22-20(9-6-15-24(21,22)3)12-11-19-8-4-10-23(28)18(19)2/h11-12,17,21-23,35H,2,4,6-10,13-15H2,1,3H3/b19-11-,20-12+/t17-,21+,22?,23-,24+/m0/s1. The molecule has 0 amide bonds. The zero-order valence-corrected chi connectivity index (χ0v) is 20.1. The second-order valence-electron chi connectivity index (χ2n) is 10.6. The van der Waals surface area contributed by atoms with Crippen molar-refractivity contribution in [2.45, 2.75) is 95.8 Å². The number of halogens is 7. The van der Waals surface area contributed by atoms with Crippen LogP contribution in [0.1, 0.15) is 71.6 Å². The molecule has 0 heterocycles. The maximum absolute atomic E-state index is 14.0. The second-order valence-corrected chi connectivity index (χ2v) is 10.6. The Kier molecular flexibility index (Phi) is 7.91. The summed E-state index contributed by atoms with van der Waals surface area (Å²) in [5.74, 6) is 3.21. The Hall–Kier alpha value is -1.75. The van der Waals surface area contributed by atoms with Crippen LogP contribution in [0.15, 0.2) is 35.5 Å². The number of allylic oxidation sites excluding steroid dienone is 5. The predicted octanol–water partition coefficient (Wildman–Crippen LogP) is 8.02. The third-order valence-corrected chi connectivity index (χ3v) is 8.43. The molecule has 196 valence electrons. The number of aliphatic hydroxyl groups is 1. The summed E-state index contributed by atoms with van der Waals surface area (Å²) in [5, 5.41) is 9.27. The molecule has 0 aliphatic heterocycles. The zero-order chi connectivity index (χ0) is 26.2. The lowest BCUT2D eigenvalue weighted by Gasteiger charge is -2.44. The fourth-order valence-electron chi connectivity index (χ4n) is 6.40. The van der Waals surface area contributed by atoms with E-state index in [1.807, 2.05) is 12.0 Å². The molecule has 1 unspecified atom stereocenters. The molecule has 0 saturated heterocycles. The van der Waals surface area contributed by atoms with E-state index in [4.69, 9.17) is 0 Å². The molecule has 0 radical (unpaired) electrons. The lowest BCUT2D eigenvalue weighted by atomic mass is 9.61. The third-order valence-electron chi connectivity index (χ3n) is 8.43. The molecule has 0 aromatic heterocycles. The topological polar surface area (TPSA) is 20.2 Å². The minimum atomic E-state index is -5.94. The summed E-state index contributed by atoms with van der Waals surface area (Å²) in [4.78, 5) is 0. The van der Waals surface area contributed by atoms with Crippen LogP contribution in [-0.4, -0.2) is 29.2 Å². The van der Waals surface area contributed by atoms with Gasteiger partial charge in [0.05, 0.1) is 0 Å². The van der Waals surface area contributed by atoms with Crippen LogP contribution >= 0.6 is 0 Å². The van der Waals surface area contributed by atoms with E-state index in [0.29, 0.717) is 12.0 Å². The van der Waals surface area contributed by atoms with Gasteiger partial charge in [0.15, 0.2) is 0 Å². The van der Waals surface area contributed by atoms with Crippen molar-refractivity contribution in [3.05, 3.63) is 35.5 Å². The number of hydrogen-bond acceptors (Lipinski definition) is 1. The first-order chi connectivity index (χ1) is 16.1. The maximum Gasteiger partial charge on any atom is 0.438 e. The lowest BCUT2D eigenvalue weighted by Crippen LogP contribution is -2.55. The Morgan fingerprint density at radius 1 is 1.06 bits per heavy atom. The smallest absolute Gasteiger partial charge is 0.363 e. The first-order valence-corrected chi connectivity index (χ1v) is 12.2. The van der Waals surface area contributed by atoms with Crippen LogP contribution in [0.25, 0.3) is 0 Å². The first-order valence-electron chi connectivity index (χ1n) is 12.2. The number of fused-ring (bicyclic) bond motifs is 1. The highest BCUT2D eigenvalue weighted by Crippen LogP contribution is 2.59. The minimum Gasteiger partial charge on any atom is -0.363 e. The Morgan fingerprint density at radius 2 is 1.71 bits per heavy atom. The van der Waals surface area contributed by atoms with Crippen molar-refractivity contribution in [3.8, 4) is 11.8 Å². The highest BCUT2D eigenvalue weighted by molar-refractivity contribution is 5.38. The Bertz CT molecular complexity index is 916. The molecule has 3 aliphatic rings. The van der Waals surface area contributed by atoms with Crippen LogP contribution in [0, 0.1) is 35.0 Å². The van der Waals surface area contributed by atoms with E-state index < -0.39 is 24.1 Å². The molecule has 1 N–H and O–H groups in total. The normalized spacial score (nSPS) is 33.4. The van der Waals surface area contributed by atoms with Gasteiger partial charge in [0.25, 0.3) is 0 Å². The number of alkyl halides is 7. The van der Waals surface area contributed by atoms with E-state index in [9.17, 15) is 35.8 Å². The predicted molar refractivity (Wildman–Crippen MR) is 121 cm³/mol. The Balaban J connectivity index is 1.76. The van der Waals surface area contributed by atoms with Gasteiger partial charge in [0.2, 0.25) is 0 Å². The molecule has 35 heavy (non-hydrogen) atoms. The van der Waals surface area contributed by atoms with Crippen molar-refractivity contribution in [2.75, 3.05) is 0 Å². The van der Waals surface area contributed by atoms with Gasteiger partial charge in [-0.05, 0) is 91.6 Å². The molecule has 0 bridgehead atoms. The Morgan fingerprint density at radius 3 is 2.34 bits per heavy atom. The summed E-state index contributed by atoms with van der Waals surface area (Å²) in [5.41, 5.74) is -2.42. The zero-order valence-electron chi connectivity index (χ0n) is 20.1. The van der Waals surface area contributed by atoms with E-state index in [0.717, 1.165) is 56.4 Å². The van der Waals surface area contributed by atoms with Gasteiger partial charge in [-0.3, -0.25) is 0 Å².